The van der Waals surface area contributed by atoms with Gasteiger partial charge in [0.25, 0.3) is 5.91 Å². The van der Waals surface area contributed by atoms with Gasteiger partial charge >= 0.3 is 0 Å². The maximum atomic E-state index is 11.9. The Labute approximate surface area is 99.8 Å². The van der Waals surface area contributed by atoms with E-state index in [1.165, 1.54) is 12.3 Å². The number of nitrogens with two attached hydrogens (primary N) is 1. The molecule has 0 aliphatic heterocycles. The van der Waals surface area contributed by atoms with Crippen LogP contribution in [-0.2, 0) is 10.0 Å². The second-order valence-corrected chi connectivity index (χ2v) is 5.98. The van der Waals surface area contributed by atoms with E-state index in [4.69, 9.17) is 5.14 Å². The van der Waals surface area contributed by atoms with Crippen LogP contribution in [0.5, 0.6) is 0 Å². The number of amides is 1. The summed E-state index contributed by atoms with van der Waals surface area (Å²) in [7, 11) is -2.05. The third kappa shape index (κ3) is 2.86. The molecule has 1 aliphatic carbocycles. The number of hydrogen-bond acceptors (Lipinski definition) is 3. The SMILES string of the molecule is CN(CC1CC1)C(=O)c1cc(S(N)(=O)=O)c[nH]1. The molecule has 17 heavy (non-hydrogen) atoms. The van der Waals surface area contributed by atoms with Crippen molar-refractivity contribution in [2.45, 2.75) is 17.7 Å². The summed E-state index contributed by atoms with van der Waals surface area (Å²) in [6.45, 7) is 0.711. The normalized spacial score (nSPS) is 15.9. The first-order chi connectivity index (χ1) is 7.88. The molecule has 0 saturated heterocycles. The molecule has 1 aromatic heterocycles. The average molecular weight is 257 g/mol. The summed E-state index contributed by atoms with van der Waals surface area (Å²) < 4.78 is 22.1. The second-order valence-electron chi connectivity index (χ2n) is 4.42. The number of nitrogens with one attached hydrogen (secondary N) is 1. The summed E-state index contributed by atoms with van der Waals surface area (Å²) in [5.41, 5.74) is 0.247. The van der Waals surface area contributed by atoms with Crippen molar-refractivity contribution in [2.24, 2.45) is 11.1 Å². The molecule has 0 radical (unpaired) electrons. The van der Waals surface area contributed by atoms with E-state index in [-0.39, 0.29) is 16.5 Å². The zero-order chi connectivity index (χ0) is 12.6. The monoisotopic (exact) mass is 257 g/mol. The highest BCUT2D eigenvalue weighted by atomic mass is 32.2. The Morgan fingerprint density at radius 2 is 2.24 bits per heavy atom. The average Bonchev–Trinajstić information content (AvgIpc) is 2.89. The van der Waals surface area contributed by atoms with E-state index in [1.54, 1.807) is 11.9 Å². The first-order valence-corrected chi connectivity index (χ1v) is 6.89. The highest BCUT2D eigenvalue weighted by molar-refractivity contribution is 7.89. The quantitative estimate of drug-likeness (QED) is 0.803. The Balaban J connectivity index is 2.11. The van der Waals surface area contributed by atoms with E-state index in [1.807, 2.05) is 0 Å². The van der Waals surface area contributed by atoms with Gasteiger partial charge in [-0.3, -0.25) is 4.79 Å². The number of aromatic nitrogens is 1. The lowest BCUT2D eigenvalue weighted by molar-refractivity contribution is 0.0783. The predicted molar refractivity (Wildman–Crippen MR) is 61.9 cm³/mol. The van der Waals surface area contributed by atoms with Gasteiger partial charge in [-0.05, 0) is 24.8 Å². The van der Waals surface area contributed by atoms with Crippen molar-refractivity contribution in [1.29, 1.82) is 0 Å². The standard InChI is InChI=1S/C10H15N3O3S/c1-13(6-7-2-3-7)10(14)9-4-8(5-12-9)17(11,15)16/h4-5,7,12H,2-3,6H2,1H3,(H2,11,15,16). The van der Waals surface area contributed by atoms with Crippen LogP contribution in [0.2, 0.25) is 0 Å². The molecule has 2 rings (SSSR count). The molecule has 6 nitrogen and oxygen atoms in total. The molecule has 1 amide bonds. The molecular weight excluding hydrogens is 242 g/mol. The van der Waals surface area contributed by atoms with E-state index < -0.39 is 10.0 Å². The molecule has 1 aliphatic rings. The zero-order valence-electron chi connectivity index (χ0n) is 9.51. The fraction of sp³-hybridized carbons (Fsp3) is 0.500. The summed E-state index contributed by atoms with van der Waals surface area (Å²) >= 11 is 0. The lowest BCUT2D eigenvalue weighted by Gasteiger charge is -2.15. The fourth-order valence-corrected chi connectivity index (χ4v) is 2.14. The highest BCUT2D eigenvalue weighted by Crippen LogP contribution is 2.29. The van der Waals surface area contributed by atoms with Gasteiger partial charge in [-0.15, -0.1) is 0 Å². The number of aromatic amines is 1. The lowest BCUT2D eigenvalue weighted by Crippen LogP contribution is -2.28. The molecule has 3 N–H and O–H groups in total. The van der Waals surface area contributed by atoms with Crippen LogP contribution < -0.4 is 5.14 Å². The van der Waals surface area contributed by atoms with Crippen molar-refractivity contribution in [3.63, 3.8) is 0 Å². The number of nitrogens with zero attached hydrogens (tertiary/aromatic N) is 1. The Morgan fingerprint density at radius 1 is 1.59 bits per heavy atom. The Morgan fingerprint density at radius 3 is 2.71 bits per heavy atom. The van der Waals surface area contributed by atoms with Crippen molar-refractivity contribution < 1.29 is 13.2 Å². The van der Waals surface area contributed by atoms with Gasteiger partial charge in [0, 0.05) is 19.8 Å². The Bertz CT molecular complexity index is 531. The summed E-state index contributed by atoms with van der Waals surface area (Å²) in [6, 6.07) is 1.26. The summed E-state index contributed by atoms with van der Waals surface area (Å²) in [5, 5.41) is 4.96. The number of rotatable bonds is 4. The maximum absolute atomic E-state index is 11.9. The summed E-state index contributed by atoms with van der Waals surface area (Å²) in [4.78, 5) is 16.1. The third-order valence-corrected chi connectivity index (χ3v) is 3.68. The Hall–Kier alpha value is -1.34. The fourth-order valence-electron chi connectivity index (χ4n) is 1.64. The van der Waals surface area contributed by atoms with Crippen molar-refractivity contribution in [2.75, 3.05) is 13.6 Å². The molecule has 1 fully saturated rings. The number of hydrogen-bond donors (Lipinski definition) is 2. The maximum Gasteiger partial charge on any atom is 0.270 e. The van der Waals surface area contributed by atoms with E-state index in [0.29, 0.717) is 12.5 Å². The van der Waals surface area contributed by atoms with E-state index in [2.05, 4.69) is 4.98 Å². The van der Waals surface area contributed by atoms with Crippen LogP contribution in [0.4, 0.5) is 0 Å². The minimum absolute atomic E-state index is 0.0688. The van der Waals surface area contributed by atoms with Gasteiger partial charge in [-0.1, -0.05) is 0 Å². The van der Waals surface area contributed by atoms with Crippen molar-refractivity contribution in [3.05, 3.63) is 18.0 Å². The molecule has 0 atom stereocenters. The van der Waals surface area contributed by atoms with E-state index in [9.17, 15) is 13.2 Å². The first-order valence-electron chi connectivity index (χ1n) is 5.34. The summed E-state index contributed by atoms with van der Waals surface area (Å²) in [5.74, 6) is 0.378. The van der Waals surface area contributed by atoms with Gasteiger partial charge in [-0.25, -0.2) is 13.6 Å². The molecule has 0 bridgehead atoms. The second kappa shape index (κ2) is 4.15. The van der Waals surface area contributed by atoms with E-state index >= 15 is 0 Å². The molecule has 1 saturated carbocycles. The molecule has 0 aromatic carbocycles. The topological polar surface area (TPSA) is 96.3 Å². The van der Waals surface area contributed by atoms with Gasteiger partial charge in [0.15, 0.2) is 0 Å². The van der Waals surface area contributed by atoms with Crippen LogP contribution >= 0.6 is 0 Å². The number of carbonyl (C=O) groups is 1. The predicted octanol–water partition coefficient (Wildman–Crippen LogP) is 0.144. The highest BCUT2D eigenvalue weighted by Gasteiger charge is 2.26. The number of sulfonamides is 1. The number of H-pyrrole nitrogens is 1. The Kier molecular flexibility index (Phi) is 2.96. The van der Waals surface area contributed by atoms with E-state index in [0.717, 1.165) is 12.8 Å². The molecule has 7 heteroatoms. The van der Waals surface area contributed by atoms with Crippen molar-refractivity contribution >= 4 is 15.9 Å². The molecule has 0 spiro atoms. The van der Waals surface area contributed by atoms with Crippen molar-refractivity contribution in [3.8, 4) is 0 Å². The van der Waals surface area contributed by atoms with Gasteiger partial charge in [0.2, 0.25) is 10.0 Å². The largest absolute Gasteiger partial charge is 0.356 e. The molecule has 1 aromatic rings. The zero-order valence-corrected chi connectivity index (χ0v) is 10.3. The van der Waals surface area contributed by atoms with Crippen LogP contribution in [-0.4, -0.2) is 37.8 Å². The van der Waals surface area contributed by atoms with Gasteiger partial charge in [0.1, 0.15) is 5.69 Å². The first kappa shape index (κ1) is 12.1. The van der Waals surface area contributed by atoms with Crippen LogP contribution in [0.1, 0.15) is 23.3 Å². The molecule has 1 heterocycles. The van der Waals surface area contributed by atoms with Gasteiger partial charge < -0.3 is 9.88 Å². The van der Waals surface area contributed by atoms with Crippen LogP contribution in [0.15, 0.2) is 17.2 Å². The summed E-state index contributed by atoms with van der Waals surface area (Å²) in [6.07, 6.45) is 3.54. The molecule has 0 unspecified atom stereocenters. The molecule has 94 valence electrons. The lowest BCUT2D eigenvalue weighted by atomic mass is 10.3. The van der Waals surface area contributed by atoms with Crippen LogP contribution in [0.3, 0.4) is 0 Å². The smallest absolute Gasteiger partial charge is 0.270 e. The molecular formula is C10H15N3O3S. The number of carbonyl (C=O) groups excluding carboxylic acids is 1. The minimum Gasteiger partial charge on any atom is -0.356 e. The minimum atomic E-state index is -3.75. The van der Waals surface area contributed by atoms with Crippen LogP contribution in [0, 0.1) is 5.92 Å². The van der Waals surface area contributed by atoms with Crippen LogP contribution in [0.25, 0.3) is 0 Å². The van der Waals surface area contributed by atoms with Gasteiger partial charge in [0.05, 0.1) is 4.90 Å². The number of primary sulfonamides is 1. The third-order valence-electron chi connectivity index (χ3n) is 2.79. The van der Waals surface area contributed by atoms with Crippen molar-refractivity contribution in [1.82, 2.24) is 9.88 Å². The van der Waals surface area contributed by atoms with Gasteiger partial charge in [-0.2, -0.15) is 0 Å².